The summed E-state index contributed by atoms with van der Waals surface area (Å²) in [5, 5.41) is 6.52. The number of carbonyl (C=O) groups is 1. The van der Waals surface area contributed by atoms with Crippen LogP contribution in [0.25, 0.3) is 0 Å². The Bertz CT molecular complexity index is 238. The molecule has 16 heavy (non-hydrogen) atoms. The zero-order valence-corrected chi connectivity index (χ0v) is 10.2. The monoisotopic (exact) mass is 225 g/mol. The van der Waals surface area contributed by atoms with Crippen molar-refractivity contribution in [3.05, 3.63) is 0 Å². The number of carbonyl (C=O) groups excluding carboxylic acids is 1. The van der Waals surface area contributed by atoms with Gasteiger partial charge in [0.15, 0.2) is 0 Å². The van der Waals surface area contributed by atoms with Gasteiger partial charge in [0.1, 0.15) is 0 Å². The minimum Gasteiger partial charge on any atom is -0.352 e. The summed E-state index contributed by atoms with van der Waals surface area (Å²) < 4.78 is 0. The number of piperazine rings is 1. The molecular weight excluding hydrogens is 202 g/mol. The molecular formula is C12H23N3O. The molecule has 1 saturated heterocycles. The van der Waals surface area contributed by atoms with Gasteiger partial charge in [-0.2, -0.15) is 0 Å². The summed E-state index contributed by atoms with van der Waals surface area (Å²) in [6.45, 7) is 5.71. The number of rotatable bonds is 3. The molecule has 2 N–H and O–H groups in total. The lowest BCUT2D eigenvalue weighted by Gasteiger charge is -2.31. The minimum absolute atomic E-state index is 0.209. The lowest BCUT2D eigenvalue weighted by Crippen LogP contribution is -2.52. The van der Waals surface area contributed by atoms with Crippen molar-refractivity contribution in [2.24, 2.45) is 0 Å². The van der Waals surface area contributed by atoms with Crippen LogP contribution in [0.5, 0.6) is 0 Å². The average molecular weight is 225 g/mol. The van der Waals surface area contributed by atoms with Crippen LogP contribution in [0.15, 0.2) is 0 Å². The molecule has 2 aliphatic rings. The summed E-state index contributed by atoms with van der Waals surface area (Å²) in [5.41, 5.74) is 0. The molecule has 4 nitrogen and oxygen atoms in total. The highest BCUT2D eigenvalue weighted by Gasteiger charge is 2.21. The fourth-order valence-corrected chi connectivity index (χ4v) is 2.70. The highest BCUT2D eigenvalue weighted by Crippen LogP contribution is 2.17. The van der Waals surface area contributed by atoms with Gasteiger partial charge in [-0.15, -0.1) is 0 Å². The Balaban J connectivity index is 1.69. The number of amides is 1. The van der Waals surface area contributed by atoms with Gasteiger partial charge in [0.25, 0.3) is 0 Å². The van der Waals surface area contributed by atoms with E-state index >= 15 is 0 Å². The van der Waals surface area contributed by atoms with E-state index in [1.54, 1.807) is 0 Å². The van der Waals surface area contributed by atoms with E-state index in [1.807, 2.05) is 0 Å². The van der Waals surface area contributed by atoms with Gasteiger partial charge >= 0.3 is 0 Å². The van der Waals surface area contributed by atoms with Crippen LogP contribution in [0.3, 0.4) is 0 Å². The first-order valence-electron chi connectivity index (χ1n) is 6.49. The average Bonchev–Trinajstić information content (AvgIpc) is 2.70. The van der Waals surface area contributed by atoms with Gasteiger partial charge in [-0.05, 0) is 19.8 Å². The number of hydrogen-bond acceptors (Lipinski definition) is 3. The van der Waals surface area contributed by atoms with E-state index in [0.29, 0.717) is 18.6 Å². The van der Waals surface area contributed by atoms with Crippen molar-refractivity contribution in [2.45, 2.75) is 44.7 Å². The first-order valence-corrected chi connectivity index (χ1v) is 6.49. The third kappa shape index (κ3) is 3.46. The lowest BCUT2D eigenvalue weighted by molar-refractivity contribution is -0.123. The van der Waals surface area contributed by atoms with Gasteiger partial charge < -0.3 is 10.6 Å². The largest absolute Gasteiger partial charge is 0.352 e. The van der Waals surface area contributed by atoms with Crippen LogP contribution in [-0.2, 0) is 4.79 Å². The van der Waals surface area contributed by atoms with E-state index in [-0.39, 0.29) is 5.91 Å². The van der Waals surface area contributed by atoms with Crippen LogP contribution < -0.4 is 10.6 Å². The fraction of sp³-hybridized carbons (Fsp3) is 0.917. The Kier molecular flexibility index (Phi) is 4.18. The zero-order valence-electron chi connectivity index (χ0n) is 10.2. The molecule has 0 bridgehead atoms. The Hall–Kier alpha value is -0.610. The Morgan fingerprint density at radius 3 is 2.88 bits per heavy atom. The predicted molar refractivity (Wildman–Crippen MR) is 64.3 cm³/mol. The molecule has 0 aromatic carbocycles. The third-order valence-electron chi connectivity index (χ3n) is 3.54. The second-order valence-electron chi connectivity index (χ2n) is 5.14. The van der Waals surface area contributed by atoms with Crippen LogP contribution in [0.2, 0.25) is 0 Å². The van der Waals surface area contributed by atoms with E-state index < -0.39 is 0 Å². The molecule has 1 atom stereocenters. The first-order chi connectivity index (χ1) is 7.74. The van der Waals surface area contributed by atoms with E-state index in [1.165, 1.54) is 25.7 Å². The third-order valence-corrected chi connectivity index (χ3v) is 3.54. The molecule has 0 aromatic rings. The van der Waals surface area contributed by atoms with Crippen LogP contribution in [0.1, 0.15) is 32.6 Å². The topological polar surface area (TPSA) is 44.4 Å². The van der Waals surface area contributed by atoms with Gasteiger partial charge in [-0.3, -0.25) is 9.69 Å². The summed E-state index contributed by atoms with van der Waals surface area (Å²) in [6.07, 6.45) is 4.89. The Morgan fingerprint density at radius 2 is 2.19 bits per heavy atom. The van der Waals surface area contributed by atoms with Crippen molar-refractivity contribution in [2.75, 3.05) is 26.2 Å². The molecule has 0 aromatic heterocycles. The normalized spacial score (nSPS) is 28.2. The van der Waals surface area contributed by atoms with E-state index in [9.17, 15) is 4.79 Å². The Labute approximate surface area is 97.8 Å². The molecule has 1 aliphatic heterocycles. The predicted octanol–water partition coefficient (Wildman–Crippen LogP) is 0.339. The van der Waals surface area contributed by atoms with Crippen molar-refractivity contribution < 1.29 is 4.79 Å². The van der Waals surface area contributed by atoms with Gasteiger partial charge in [-0.1, -0.05) is 12.8 Å². The fourth-order valence-electron chi connectivity index (χ4n) is 2.70. The molecule has 1 saturated carbocycles. The number of nitrogens with one attached hydrogen (secondary N) is 2. The van der Waals surface area contributed by atoms with Crippen LogP contribution in [0.4, 0.5) is 0 Å². The first kappa shape index (κ1) is 11.9. The molecule has 4 heteroatoms. The summed E-state index contributed by atoms with van der Waals surface area (Å²) in [5.74, 6) is 0.209. The second-order valence-corrected chi connectivity index (χ2v) is 5.14. The van der Waals surface area contributed by atoms with Gasteiger partial charge in [-0.25, -0.2) is 0 Å². The molecule has 1 heterocycles. The van der Waals surface area contributed by atoms with Crippen molar-refractivity contribution in [3.8, 4) is 0 Å². The lowest BCUT2D eigenvalue weighted by atomic mass is 10.2. The van der Waals surface area contributed by atoms with Gasteiger partial charge in [0, 0.05) is 31.7 Å². The van der Waals surface area contributed by atoms with E-state index in [4.69, 9.17) is 0 Å². The highest BCUT2D eigenvalue weighted by atomic mass is 16.2. The summed E-state index contributed by atoms with van der Waals surface area (Å²) >= 11 is 0. The smallest absolute Gasteiger partial charge is 0.234 e. The Morgan fingerprint density at radius 1 is 1.44 bits per heavy atom. The molecule has 2 fully saturated rings. The quantitative estimate of drug-likeness (QED) is 0.728. The zero-order chi connectivity index (χ0) is 11.4. The van der Waals surface area contributed by atoms with Crippen molar-refractivity contribution >= 4 is 5.91 Å². The SMILES string of the molecule is C[C@@H]1CN(CC(=O)NC2CCCC2)CCN1. The molecule has 0 spiro atoms. The van der Waals surface area contributed by atoms with Crippen LogP contribution in [0, 0.1) is 0 Å². The van der Waals surface area contributed by atoms with E-state index in [2.05, 4.69) is 22.5 Å². The molecule has 2 rings (SSSR count). The maximum Gasteiger partial charge on any atom is 0.234 e. The molecule has 0 unspecified atom stereocenters. The van der Waals surface area contributed by atoms with Crippen molar-refractivity contribution in [3.63, 3.8) is 0 Å². The van der Waals surface area contributed by atoms with Gasteiger partial charge in [0.05, 0.1) is 6.54 Å². The summed E-state index contributed by atoms with van der Waals surface area (Å²) in [7, 11) is 0. The summed E-state index contributed by atoms with van der Waals surface area (Å²) in [6, 6.07) is 0.959. The molecule has 1 aliphatic carbocycles. The van der Waals surface area contributed by atoms with E-state index in [0.717, 1.165) is 19.6 Å². The minimum atomic E-state index is 0.209. The second kappa shape index (κ2) is 5.64. The summed E-state index contributed by atoms with van der Waals surface area (Å²) in [4.78, 5) is 14.0. The van der Waals surface area contributed by atoms with Crippen molar-refractivity contribution in [1.29, 1.82) is 0 Å². The molecule has 1 amide bonds. The van der Waals surface area contributed by atoms with Crippen LogP contribution in [-0.4, -0.2) is 49.1 Å². The molecule has 92 valence electrons. The number of hydrogen-bond donors (Lipinski definition) is 2. The highest BCUT2D eigenvalue weighted by molar-refractivity contribution is 5.78. The van der Waals surface area contributed by atoms with Gasteiger partial charge in [0.2, 0.25) is 5.91 Å². The maximum atomic E-state index is 11.8. The number of nitrogens with zero attached hydrogens (tertiary/aromatic N) is 1. The van der Waals surface area contributed by atoms with Crippen LogP contribution >= 0.6 is 0 Å². The van der Waals surface area contributed by atoms with Crippen molar-refractivity contribution in [1.82, 2.24) is 15.5 Å². The molecule has 0 radical (unpaired) electrons. The standard InChI is InChI=1S/C12H23N3O/c1-10-8-15(7-6-13-10)9-12(16)14-11-4-2-3-5-11/h10-11,13H,2-9H2,1H3,(H,14,16)/t10-/m1/s1. The maximum absolute atomic E-state index is 11.8.